The first kappa shape index (κ1) is 13.1. The molecule has 0 saturated carbocycles. The molecule has 0 spiro atoms. The van der Waals surface area contributed by atoms with Crippen LogP contribution in [0.3, 0.4) is 0 Å². The normalized spacial score (nSPS) is 10.3. The first-order chi connectivity index (χ1) is 9.11. The van der Waals surface area contributed by atoms with E-state index in [2.05, 4.69) is 15.3 Å². The van der Waals surface area contributed by atoms with E-state index in [0.717, 1.165) is 5.56 Å². The molecular formula is C13H15FN4O. The first-order valence-corrected chi connectivity index (χ1v) is 5.75. The van der Waals surface area contributed by atoms with Crippen molar-refractivity contribution in [1.82, 2.24) is 9.97 Å². The van der Waals surface area contributed by atoms with Crippen LogP contribution in [0.15, 0.2) is 24.5 Å². The summed E-state index contributed by atoms with van der Waals surface area (Å²) >= 11 is 0. The van der Waals surface area contributed by atoms with Crippen LogP contribution in [0.4, 0.5) is 15.9 Å². The molecule has 19 heavy (non-hydrogen) atoms. The molecule has 0 radical (unpaired) electrons. The van der Waals surface area contributed by atoms with Crippen LogP contribution in [-0.4, -0.2) is 17.1 Å². The van der Waals surface area contributed by atoms with Crippen molar-refractivity contribution in [3.63, 3.8) is 0 Å². The fraction of sp³-hybridized carbons (Fsp3) is 0.231. The van der Waals surface area contributed by atoms with E-state index in [1.165, 1.54) is 6.33 Å². The summed E-state index contributed by atoms with van der Waals surface area (Å²) in [5, 5.41) is 2.91. The summed E-state index contributed by atoms with van der Waals surface area (Å²) in [6.45, 7) is 2.01. The molecule has 1 heterocycles. The van der Waals surface area contributed by atoms with Gasteiger partial charge in [-0.1, -0.05) is 6.07 Å². The van der Waals surface area contributed by atoms with Gasteiger partial charge >= 0.3 is 0 Å². The third-order valence-corrected chi connectivity index (χ3v) is 2.72. The molecule has 1 aromatic carbocycles. The van der Waals surface area contributed by atoms with Crippen molar-refractivity contribution in [1.29, 1.82) is 0 Å². The maximum absolute atomic E-state index is 13.7. The molecular weight excluding hydrogens is 247 g/mol. The Kier molecular flexibility index (Phi) is 3.79. The molecule has 1 aromatic heterocycles. The van der Waals surface area contributed by atoms with Crippen LogP contribution in [0.2, 0.25) is 0 Å². The van der Waals surface area contributed by atoms with Crippen molar-refractivity contribution in [2.24, 2.45) is 0 Å². The third kappa shape index (κ3) is 2.90. The van der Waals surface area contributed by atoms with Crippen LogP contribution in [0.1, 0.15) is 11.3 Å². The van der Waals surface area contributed by atoms with Crippen molar-refractivity contribution < 1.29 is 9.13 Å². The summed E-state index contributed by atoms with van der Waals surface area (Å²) in [6.07, 6.45) is 1.32. The largest absolute Gasteiger partial charge is 0.495 e. The van der Waals surface area contributed by atoms with Crippen LogP contribution in [0, 0.1) is 12.7 Å². The maximum atomic E-state index is 13.7. The minimum Gasteiger partial charge on any atom is -0.495 e. The van der Waals surface area contributed by atoms with Crippen molar-refractivity contribution in [3.8, 4) is 5.75 Å². The Hall–Kier alpha value is -2.37. The van der Waals surface area contributed by atoms with Crippen LogP contribution in [0.5, 0.6) is 5.75 Å². The minimum absolute atomic E-state index is 0.182. The van der Waals surface area contributed by atoms with Gasteiger partial charge < -0.3 is 15.8 Å². The number of nitrogens with zero attached hydrogens (tertiary/aromatic N) is 2. The number of nitrogen functional groups attached to an aromatic ring is 1. The number of methoxy groups -OCH3 is 1. The molecule has 0 unspecified atom stereocenters. The fourth-order valence-electron chi connectivity index (χ4n) is 1.66. The zero-order valence-corrected chi connectivity index (χ0v) is 10.8. The smallest absolute Gasteiger partial charge is 0.186 e. The second kappa shape index (κ2) is 5.51. The molecule has 2 rings (SSSR count). The highest BCUT2D eigenvalue weighted by Gasteiger charge is 2.07. The van der Waals surface area contributed by atoms with Crippen LogP contribution in [0.25, 0.3) is 0 Å². The van der Waals surface area contributed by atoms with E-state index < -0.39 is 5.82 Å². The first-order valence-electron chi connectivity index (χ1n) is 5.75. The quantitative estimate of drug-likeness (QED) is 0.826. The van der Waals surface area contributed by atoms with Gasteiger partial charge in [-0.05, 0) is 24.6 Å². The zero-order valence-electron chi connectivity index (χ0n) is 10.8. The number of ether oxygens (including phenoxy) is 1. The Morgan fingerprint density at radius 3 is 2.84 bits per heavy atom. The summed E-state index contributed by atoms with van der Waals surface area (Å²) in [7, 11) is 1.56. The number of nitrogens with one attached hydrogen (secondary N) is 1. The highest BCUT2D eigenvalue weighted by molar-refractivity contribution is 5.54. The second-order valence-electron chi connectivity index (χ2n) is 4.05. The highest BCUT2D eigenvalue weighted by Crippen LogP contribution is 2.22. The van der Waals surface area contributed by atoms with Crippen LogP contribution >= 0.6 is 0 Å². The van der Waals surface area contributed by atoms with Crippen molar-refractivity contribution in [2.75, 3.05) is 18.2 Å². The fourth-order valence-corrected chi connectivity index (χ4v) is 1.66. The van der Waals surface area contributed by atoms with Crippen LogP contribution in [-0.2, 0) is 6.54 Å². The van der Waals surface area contributed by atoms with E-state index >= 15 is 0 Å². The molecule has 0 amide bonds. The minimum atomic E-state index is -0.441. The lowest BCUT2D eigenvalue weighted by Gasteiger charge is -2.09. The Morgan fingerprint density at radius 1 is 1.37 bits per heavy atom. The van der Waals surface area contributed by atoms with Gasteiger partial charge in [-0.25, -0.2) is 14.4 Å². The molecule has 0 aliphatic carbocycles. The SMILES string of the molecule is COc1ccc(CNc2ncnc(C)c2F)cc1N. The molecule has 100 valence electrons. The van der Waals surface area contributed by atoms with Gasteiger partial charge in [-0.15, -0.1) is 0 Å². The molecule has 2 aromatic rings. The number of benzene rings is 1. The number of anilines is 2. The molecule has 0 saturated heterocycles. The van der Waals surface area contributed by atoms with Crippen molar-refractivity contribution in [2.45, 2.75) is 13.5 Å². The predicted octanol–water partition coefficient (Wildman–Crippen LogP) is 2.13. The number of aromatic nitrogens is 2. The standard InChI is InChI=1S/C13H15FN4O/c1-8-12(14)13(18-7-17-8)16-6-9-3-4-11(19-2)10(15)5-9/h3-5,7H,6,15H2,1-2H3,(H,16,17,18). The lowest BCUT2D eigenvalue weighted by molar-refractivity contribution is 0.417. The summed E-state index contributed by atoms with van der Waals surface area (Å²) in [5.74, 6) is 0.360. The average molecular weight is 262 g/mol. The molecule has 3 N–H and O–H groups in total. The van der Waals surface area contributed by atoms with E-state index in [1.807, 2.05) is 6.07 Å². The van der Waals surface area contributed by atoms with E-state index in [9.17, 15) is 4.39 Å². The van der Waals surface area contributed by atoms with Gasteiger partial charge in [0, 0.05) is 6.54 Å². The average Bonchev–Trinajstić information content (AvgIpc) is 2.40. The molecule has 0 atom stereocenters. The number of aryl methyl sites for hydroxylation is 1. The number of hydrogen-bond acceptors (Lipinski definition) is 5. The summed E-state index contributed by atoms with van der Waals surface area (Å²) in [4.78, 5) is 7.63. The topological polar surface area (TPSA) is 73.1 Å². The molecule has 0 fully saturated rings. The monoisotopic (exact) mass is 262 g/mol. The Labute approximate surface area is 110 Å². The van der Waals surface area contributed by atoms with Crippen molar-refractivity contribution >= 4 is 11.5 Å². The third-order valence-electron chi connectivity index (χ3n) is 2.72. The molecule has 0 aliphatic rings. The number of rotatable bonds is 4. The Morgan fingerprint density at radius 2 is 2.16 bits per heavy atom. The lowest BCUT2D eigenvalue weighted by atomic mass is 10.2. The number of nitrogens with two attached hydrogens (primary N) is 1. The molecule has 5 nitrogen and oxygen atoms in total. The van der Waals surface area contributed by atoms with Gasteiger partial charge in [0.1, 0.15) is 12.1 Å². The molecule has 0 bridgehead atoms. The van der Waals surface area contributed by atoms with E-state index in [0.29, 0.717) is 23.7 Å². The van der Waals surface area contributed by atoms with Gasteiger partial charge in [0.25, 0.3) is 0 Å². The van der Waals surface area contributed by atoms with Crippen molar-refractivity contribution in [3.05, 3.63) is 41.6 Å². The van der Waals surface area contributed by atoms with Gasteiger partial charge in [-0.2, -0.15) is 0 Å². The molecule has 0 aliphatic heterocycles. The predicted molar refractivity (Wildman–Crippen MR) is 71.5 cm³/mol. The van der Waals surface area contributed by atoms with E-state index in [-0.39, 0.29) is 5.82 Å². The van der Waals surface area contributed by atoms with Gasteiger partial charge in [0.15, 0.2) is 11.6 Å². The summed E-state index contributed by atoms with van der Waals surface area (Å²) in [5.41, 5.74) is 7.57. The highest BCUT2D eigenvalue weighted by atomic mass is 19.1. The Balaban J connectivity index is 2.10. The number of hydrogen-bond donors (Lipinski definition) is 2. The zero-order chi connectivity index (χ0) is 13.8. The van der Waals surface area contributed by atoms with Crippen LogP contribution < -0.4 is 15.8 Å². The lowest BCUT2D eigenvalue weighted by Crippen LogP contribution is -2.06. The second-order valence-corrected chi connectivity index (χ2v) is 4.05. The summed E-state index contributed by atoms with van der Waals surface area (Å²) in [6, 6.07) is 5.40. The molecule has 6 heteroatoms. The maximum Gasteiger partial charge on any atom is 0.186 e. The van der Waals surface area contributed by atoms with E-state index in [1.54, 1.807) is 26.2 Å². The Bertz CT molecular complexity index is 589. The number of halogens is 1. The summed E-state index contributed by atoms with van der Waals surface area (Å²) < 4.78 is 18.7. The van der Waals surface area contributed by atoms with E-state index in [4.69, 9.17) is 10.5 Å². The van der Waals surface area contributed by atoms with Gasteiger partial charge in [0.05, 0.1) is 18.5 Å². The van der Waals surface area contributed by atoms with Gasteiger partial charge in [-0.3, -0.25) is 0 Å². The van der Waals surface area contributed by atoms with Gasteiger partial charge in [0.2, 0.25) is 0 Å².